The first kappa shape index (κ1) is 22.6. The Bertz CT molecular complexity index is 606. The molecule has 0 saturated heterocycles. The number of rotatable bonds is 6. The molecule has 158 valence electrons. The molecule has 1 aromatic heterocycles. The zero-order valence-corrected chi connectivity index (χ0v) is 17.7. The van der Waals surface area contributed by atoms with Crippen LogP contribution in [0, 0.1) is 5.41 Å². The predicted molar refractivity (Wildman–Crippen MR) is 113 cm³/mol. The number of carbonyl (C=O) groups excluding carboxylic acids is 1. The molecule has 0 spiro atoms. The summed E-state index contributed by atoms with van der Waals surface area (Å²) < 4.78 is 5.48. The van der Waals surface area contributed by atoms with Gasteiger partial charge in [-0.2, -0.15) is 0 Å². The van der Waals surface area contributed by atoms with E-state index in [0.29, 0.717) is 17.4 Å². The van der Waals surface area contributed by atoms with Gasteiger partial charge in [0.25, 0.3) is 5.91 Å². The van der Waals surface area contributed by atoms with Crippen LogP contribution in [0.4, 0.5) is 5.95 Å². The fourth-order valence-electron chi connectivity index (χ4n) is 4.55. The Kier molecular flexibility index (Phi) is 9.16. The van der Waals surface area contributed by atoms with Gasteiger partial charge in [0.2, 0.25) is 5.95 Å². The lowest BCUT2D eigenvalue weighted by molar-refractivity contribution is 0.0368. The number of hydrogen-bond donors (Lipinski definition) is 2. The molecule has 2 aliphatic carbocycles. The smallest absolute Gasteiger partial charge is 0.252 e. The number of primary amides is 1. The van der Waals surface area contributed by atoms with Crippen LogP contribution in [0.25, 0.3) is 0 Å². The number of ether oxygens (including phenoxy) is 1. The van der Waals surface area contributed by atoms with E-state index in [4.69, 9.17) is 16.2 Å². The third kappa shape index (κ3) is 6.73. The van der Waals surface area contributed by atoms with Crippen molar-refractivity contribution in [3.05, 3.63) is 17.5 Å². The van der Waals surface area contributed by atoms with Crippen molar-refractivity contribution in [1.82, 2.24) is 9.97 Å². The second-order valence-corrected chi connectivity index (χ2v) is 8.26. The minimum Gasteiger partial charge on any atom is -0.379 e. The quantitative estimate of drug-likeness (QED) is 0.748. The Labute approximate surface area is 169 Å². The van der Waals surface area contributed by atoms with E-state index in [9.17, 15) is 4.79 Å². The number of hydrogen-bond acceptors (Lipinski definition) is 5. The summed E-state index contributed by atoms with van der Waals surface area (Å²) in [7, 11) is 0. The van der Waals surface area contributed by atoms with Gasteiger partial charge >= 0.3 is 0 Å². The fraction of sp³-hybridized carbons (Fsp3) is 0.773. The Morgan fingerprint density at radius 2 is 1.79 bits per heavy atom. The van der Waals surface area contributed by atoms with Crippen molar-refractivity contribution in [2.75, 3.05) is 12.3 Å². The van der Waals surface area contributed by atoms with Crippen LogP contribution in [0.15, 0.2) is 6.20 Å². The topological polar surface area (TPSA) is 104 Å². The molecule has 1 amide bonds. The van der Waals surface area contributed by atoms with E-state index in [1.165, 1.54) is 70.4 Å². The first-order chi connectivity index (χ1) is 13.5. The molecule has 6 nitrogen and oxygen atoms in total. The van der Waals surface area contributed by atoms with Crippen molar-refractivity contribution in [1.29, 1.82) is 0 Å². The minimum atomic E-state index is -0.475. The maximum absolute atomic E-state index is 11.5. The second kappa shape index (κ2) is 11.3. The molecule has 4 N–H and O–H groups in total. The van der Waals surface area contributed by atoms with Crippen LogP contribution in [-0.2, 0) is 11.2 Å². The van der Waals surface area contributed by atoms with Gasteiger partial charge in [-0.15, -0.1) is 0 Å². The average Bonchev–Trinajstić information content (AvgIpc) is 2.70. The van der Waals surface area contributed by atoms with Crippen LogP contribution in [0.5, 0.6) is 0 Å². The molecule has 0 radical (unpaired) electrons. The van der Waals surface area contributed by atoms with Gasteiger partial charge in [0.05, 0.1) is 17.4 Å². The highest BCUT2D eigenvalue weighted by Gasteiger charge is 2.32. The van der Waals surface area contributed by atoms with Gasteiger partial charge < -0.3 is 16.2 Å². The zero-order chi connectivity index (χ0) is 20.4. The van der Waals surface area contributed by atoms with Crippen LogP contribution in [0.3, 0.4) is 0 Å². The number of nitrogen functional groups attached to an aromatic ring is 1. The Morgan fingerprint density at radius 1 is 1.14 bits per heavy atom. The molecule has 0 atom stereocenters. The maximum Gasteiger partial charge on any atom is 0.252 e. The van der Waals surface area contributed by atoms with Gasteiger partial charge in [0.1, 0.15) is 0 Å². The summed E-state index contributed by atoms with van der Waals surface area (Å²) in [6, 6.07) is 0. The molecular weight excluding hydrogens is 352 g/mol. The zero-order valence-electron chi connectivity index (χ0n) is 17.7. The van der Waals surface area contributed by atoms with Crippen molar-refractivity contribution in [2.24, 2.45) is 11.1 Å². The van der Waals surface area contributed by atoms with Crippen LogP contribution in [0.1, 0.15) is 101 Å². The van der Waals surface area contributed by atoms with E-state index in [0.717, 1.165) is 19.4 Å². The van der Waals surface area contributed by atoms with Crippen LogP contribution in [-0.4, -0.2) is 28.6 Å². The summed E-state index contributed by atoms with van der Waals surface area (Å²) in [4.78, 5) is 19.6. The van der Waals surface area contributed by atoms with Crippen molar-refractivity contribution in [3.8, 4) is 0 Å². The summed E-state index contributed by atoms with van der Waals surface area (Å²) in [5.41, 5.74) is 12.4. The highest BCUT2D eigenvalue weighted by molar-refractivity contribution is 5.93. The SMILES string of the molecule is CCC1(Cc2nc(N)ncc2C(N)=O)CCCCC1.CCOC1CCCCC1. The molecule has 3 rings (SSSR count). The van der Waals surface area contributed by atoms with Gasteiger partial charge in [0, 0.05) is 12.8 Å². The molecule has 0 unspecified atom stereocenters. The summed E-state index contributed by atoms with van der Waals surface area (Å²) in [6.07, 6.45) is 16.9. The van der Waals surface area contributed by atoms with Crippen LogP contribution >= 0.6 is 0 Å². The van der Waals surface area contributed by atoms with Gasteiger partial charge in [-0.1, -0.05) is 51.9 Å². The van der Waals surface area contributed by atoms with Crippen molar-refractivity contribution >= 4 is 11.9 Å². The summed E-state index contributed by atoms with van der Waals surface area (Å²) >= 11 is 0. The highest BCUT2D eigenvalue weighted by Crippen LogP contribution is 2.42. The molecule has 2 aliphatic rings. The number of aromatic nitrogens is 2. The Hall–Kier alpha value is -1.69. The maximum atomic E-state index is 11.5. The number of nitrogens with zero attached hydrogens (tertiary/aromatic N) is 2. The molecule has 2 saturated carbocycles. The van der Waals surface area contributed by atoms with Crippen molar-refractivity contribution in [2.45, 2.75) is 97.0 Å². The van der Waals surface area contributed by atoms with Gasteiger partial charge in [-0.05, 0) is 44.4 Å². The molecule has 1 aromatic rings. The van der Waals surface area contributed by atoms with Crippen LogP contribution in [0.2, 0.25) is 0 Å². The van der Waals surface area contributed by atoms with E-state index in [-0.39, 0.29) is 11.4 Å². The average molecular weight is 391 g/mol. The number of amides is 1. The number of nitrogens with two attached hydrogens (primary N) is 2. The molecule has 1 heterocycles. The summed E-state index contributed by atoms with van der Waals surface area (Å²) in [5, 5.41) is 0. The van der Waals surface area contributed by atoms with Gasteiger partial charge in [-0.25, -0.2) is 9.97 Å². The molecule has 0 bridgehead atoms. The van der Waals surface area contributed by atoms with Gasteiger partial charge in [0.15, 0.2) is 0 Å². The largest absolute Gasteiger partial charge is 0.379 e. The molecule has 28 heavy (non-hydrogen) atoms. The standard InChI is InChI=1S/C14H22N4O.C8H16O/c1-2-14(6-4-3-5-7-14)8-11-10(12(15)19)9-17-13(16)18-11;1-2-9-8-6-4-3-5-7-8/h9H,2-8H2,1H3,(H2,15,19)(H2,16,17,18);8H,2-7H2,1H3. The van der Waals surface area contributed by atoms with Gasteiger partial charge in [-0.3, -0.25) is 4.79 Å². The molecule has 0 aromatic carbocycles. The highest BCUT2D eigenvalue weighted by atomic mass is 16.5. The predicted octanol–water partition coefficient (Wildman–Crippen LogP) is 4.42. The lowest BCUT2D eigenvalue weighted by Gasteiger charge is -2.36. The van der Waals surface area contributed by atoms with E-state index in [1.807, 2.05) is 0 Å². The molecular formula is C22H38N4O2. The summed E-state index contributed by atoms with van der Waals surface area (Å²) in [6.45, 7) is 5.18. The second-order valence-electron chi connectivity index (χ2n) is 8.26. The molecule has 6 heteroatoms. The van der Waals surface area contributed by atoms with E-state index in [1.54, 1.807) is 0 Å². The fourth-order valence-corrected chi connectivity index (χ4v) is 4.55. The lowest BCUT2D eigenvalue weighted by atomic mass is 9.69. The Morgan fingerprint density at radius 3 is 2.36 bits per heavy atom. The van der Waals surface area contributed by atoms with E-state index < -0.39 is 5.91 Å². The number of carbonyl (C=O) groups is 1. The monoisotopic (exact) mass is 390 g/mol. The lowest BCUT2D eigenvalue weighted by Crippen LogP contribution is -2.28. The van der Waals surface area contributed by atoms with Crippen molar-refractivity contribution < 1.29 is 9.53 Å². The molecule has 2 fully saturated rings. The first-order valence-electron chi connectivity index (χ1n) is 11.0. The van der Waals surface area contributed by atoms with E-state index >= 15 is 0 Å². The van der Waals surface area contributed by atoms with Crippen molar-refractivity contribution in [3.63, 3.8) is 0 Å². The third-order valence-electron chi connectivity index (χ3n) is 6.31. The normalized spacial score (nSPS) is 19.5. The summed E-state index contributed by atoms with van der Waals surface area (Å²) in [5.74, 6) is -0.265. The van der Waals surface area contributed by atoms with E-state index in [2.05, 4.69) is 23.8 Å². The minimum absolute atomic E-state index is 0.210. The van der Waals surface area contributed by atoms with Crippen LogP contribution < -0.4 is 11.5 Å². The number of anilines is 1. The third-order valence-corrected chi connectivity index (χ3v) is 6.31. The first-order valence-corrected chi connectivity index (χ1v) is 11.0. The molecule has 0 aliphatic heterocycles. The Balaban J connectivity index is 0.000000261.